The lowest BCUT2D eigenvalue weighted by atomic mass is 10.1. The number of nitrogens with one attached hydrogen (secondary N) is 2. The van der Waals surface area contributed by atoms with Crippen LogP contribution in [0.15, 0.2) is 47.1 Å². The summed E-state index contributed by atoms with van der Waals surface area (Å²) in [5, 5.41) is 2.87. The molecule has 3 rings (SSSR count). The number of imidazole rings is 1. The zero-order chi connectivity index (χ0) is 14.8. The number of H-pyrrole nitrogens is 1. The van der Waals surface area contributed by atoms with E-state index in [0.29, 0.717) is 17.0 Å². The zero-order valence-electron chi connectivity index (χ0n) is 11.8. The lowest BCUT2D eigenvalue weighted by Gasteiger charge is -2.06. The number of anilines is 1. The van der Waals surface area contributed by atoms with Crippen LogP contribution in [0, 0.1) is 13.8 Å². The molecular weight excluding hydrogens is 266 g/mol. The highest BCUT2D eigenvalue weighted by Gasteiger charge is 2.13. The summed E-state index contributed by atoms with van der Waals surface area (Å²) in [5.41, 5.74) is 2.18. The van der Waals surface area contributed by atoms with Gasteiger partial charge in [0, 0.05) is 23.6 Å². The molecule has 1 aromatic carbocycles. The standard InChI is InChI=1S/C16H15N3O2/c1-10-8-14(11(2)21-10)16(20)19-13-5-3-4-12(9-13)15-17-6-7-18-15/h3-9H,1-2H3,(H,17,18)(H,19,20). The van der Waals surface area contributed by atoms with Gasteiger partial charge in [0.1, 0.15) is 17.3 Å². The Morgan fingerprint density at radius 1 is 1.29 bits per heavy atom. The molecule has 0 bridgehead atoms. The molecule has 0 radical (unpaired) electrons. The second-order valence-electron chi connectivity index (χ2n) is 4.80. The Kier molecular flexibility index (Phi) is 3.31. The van der Waals surface area contributed by atoms with Gasteiger partial charge in [0.2, 0.25) is 0 Å². The van der Waals surface area contributed by atoms with Crippen LogP contribution < -0.4 is 5.32 Å². The molecule has 2 aromatic heterocycles. The van der Waals surface area contributed by atoms with Crippen LogP contribution in [0.25, 0.3) is 11.4 Å². The SMILES string of the molecule is Cc1cc(C(=O)Nc2cccc(-c3ncc[nH]3)c2)c(C)o1. The van der Waals surface area contributed by atoms with Gasteiger partial charge in [-0.25, -0.2) is 4.98 Å². The summed E-state index contributed by atoms with van der Waals surface area (Å²) in [6.45, 7) is 3.60. The first-order valence-corrected chi connectivity index (χ1v) is 6.61. The van der Waals surface area contributed by atoms with E-state index in [1.165, 1.54) is 0 Å². The van der Waals surface area contributed by atoms with Crippen LogP contribution in [0.5, 0.6) is 0 Å². The minimum absolute atomic E-state index is 0.180. The van der Waals surface area contributed by atoms with Gasteiger partial charge in [0.25, 0.3) is 5.91 Å². The number of benzene rings is 1. The van der Waals surface area contributed by atoms with E-state index >= 15 is 0 Å². The van der Waals surface area contributed by atoms with Crippen molar-refractivity contribution in [3.63, 3.8) is 0 Å². The maximum Gasteiger partial charge on any atom is 0.259 e. The molecule has 0 aliphatic heterocycles. The molecule has 2 heterocycles. The van der Waals surface area contributed by atoms with Crippen molar-refractivity contribution in [1.29, 1.82) is 0 Å². The van der Waals surface area contributed by atoms with Gasteiger partial charge >= 0.3 is 0 Å². The lowest BCUT2D eigenvalue weighted by molar-refractivity contribution is 0.102. The molecular formula is C16H15N3O2. The molecule has 2 N–H and O–H groups in total. The Morgan fingerprint density at radius 3 is 2.81 bits per heavy atom. The molecule has 0 spiro atoms. The first-order chi connectivity index (χ1) is 10.1. The average Bonchev–Trinajstić information content (AvgIpc) is 3.08. The Hall–Kier alpha value is -2.82. The van der Waals surface area contributed by atoms with E-state index in [2.05, 4.69) is 15.3 Å². The largest absolute Gasteiger partial charge is 0.466 e. The summed E-state index contributed by atoms with van der Waals surface area (Å²) in [6, 6.07) is 9.26. The number of aromatic nitrogens is 2. The van der Waals surface area contributed by atoms with E-state index in [4.69, 9.17) is 4.42 Å². The second-order valence-corrected chi connectivity index (χ2v) is 4.80. The number of aryl methyl sites for hydroxylation is 2. The third kappa shape index (κ3) is 2.72. The molecule has 1 amide bonds. The van der Waals surface area contributed by atoms with Crippen LogP contribution in [0.3, 0.4) is 0 Å². The van der Waals surface area contributed by atoms with Crippen molar-refractivity contribution in [2.75, 3.05) is 5.32 Å². The van der Waals surface area contributed by atoms with E-state index in [-0.39, 0.29) is 5.91 Å². The molecule has 0 saturated heterocycles. The monoisotopic (exact) mass is 281 g/mol. The molecule has 0 fully saturated rings. The fraction of sp³-hybridized carbons (Fsp3) is 0.125. The van der Waals surface area contributed by atoms with Crippen molar-refractivity contribution in [1.82, 2.24) is 9.97 Å². The summed E-state index contributed by atoms with van der Waals surface area (Å²) in [4.78, 5) is 19.5. The van der Waals surface area contributed by atoms with Gasteiger partial charge in [-0.3, -0.25) is 4.79 Å². The summed E-state index contributed by atoms with van der Waals surface area (Å²) < 4.78 is 5.38. The Balaban J connectivity index is 1.84. The third-order valence-corrected chi connectivity index (χ3v) is 3.18. The third-order valence-electron chi connectivity index (χ3n) is 3.18. The van der Waals surface area contributed by atoms with Gasteiger partial charge in [0.05, 0.1) is 5.56 Å². The maximum atomic E-state index is 12.3. The molecule has 106 valence electrons. The molecule has 21 heavy (non-hydrogen) atoms. The van der Waals surface area contributed by atoms with Crippen LogP contribution in [0.2, 0.25) is 0 Å². The highest BCUT2D eigenvalue weighted by atomic mass is 16.3. The minimum atomic E-state index is -0.180. The molecule has 5 heteroatoms. The first kappa shape index (κ1) is 13.2. The number of hydrogen-bond donors (Lipinski definition) is 2. The van der Waals surface area contributed by atoms with Gasteiger partial charge in [-0.05, 0) is 32.0 Å². The van der Waals surface area contributed by atoms with Crippen LogP contribution in [0.1, 0.15) is 21.9 Å². The number of rotatable bonds is 3. The van der Waals surface area contributed by atoms with Crippen molar-refractivity contribution < 1.29 is 9.21 Å². The highest BCUT2D eigenvalue weighted by molar-refractivity contribution is 6.05. The van der Waals surface area contributed by atoms with Crippen molar-refractivity contribution in [2.45, 2.75) is 13.8 Å². The average molecular weight is 281 g/mol. The summed E-state index contributed by atoms with van der Waals surface area (Å²) in [5.74, 6) is 1.93. The summed E-state index contributed by atoms with van der Waals surface area (Å²) >= 11 is 0. The predicted molar refractivity (Wildman–Crippen MR) is 80.2 cm³/mol. The quantitative estimate of drug-likeness (QED) is 0.771. The molecule has 0 aliphatic rings. The number of aromatic amines is 1. The number of amides is 1. The van der Waals surface area contributed by atoms with Gasteiger partial charge in [-0.1, -0.05) is 12.1 Å². The normalized spacial score (nSPS) is 10.6. The van der Waals surface area contributed by atoms with Gasteiger partial charge < -0.3 is 14.7 Å². The van der Waals surface area contributed by atoms with E-state index in [9.17, 15) is 4.79 Å². The number of hydrogen-bond acceptors (Lipinski definition) is 3. The van der Waals surface area contributed by atoms with E-state index in [0.717, 1.165) is 17.1 Å². The smallest absolute Gasteiger partial charge is 0.259 e. The number of furan rings is 1. The fourth-order valence-electron chi connectivity index (χ4n) is 2.22. The van der Waals surface area contributed by atoms with Gasteiger partial charge in [0.15, 0.2) is 0 Å². The number of carbonyl (C=O) groups excluding carboxylic acids is 1. The second kappa shape index (κ2) is 5.28. The molecule has 0 aliphatic carbocycles. The van der Waals surface area contributed by atoms with Crippen LogP contribution >= 0.6 is 0 Å². The highest BCUT2D eigenvalue weighted by Crippen LogP contribution is 2.21. The van der Waals surface area contributed by atoms with Crippen molar-refractivity contribution >= 4 is 11.6 Å². The van der Waals surface area contributed by atoms with Crippen molar-refractivity contribution in [3.05, 3.63) is 59.8 Å². The molecule has 5 nitrogen and oxygen atoms in total. The van der Waals surface area contributed by atoms with Gasteiger partial charge in [-0.2, -0.15) is 0 Å². The molecule has 3 aromatic rings. The lowest BCUT2D eigenvalue weighted by Crippen LogP contribution is -2.12. The summed E-state index contributed by atoms with van der Waals surface area (Å²) in [6.07, 6.45) is 3.45. The van der Waals surface area contributed by atoms with E-state index < -0.39 is 0 Å². The van der Waals surface area contributed by atoms with Crippen molar-refractivity contribution in [3.8, 4) is 11.4 Å². The van der Waals surface area contributed by atoms with Crippen LogP contribution in [-0.2, 0) is 0 Å². The fourth-order valence-corrected chi connectivity index (χ4v) is 2.22. The maximum absolute atomic E-state index is 12.3. The Bertz CT molecular complexity index is 773. The van der Waals surface area contributed by atoms with Crippen LogP contribution in [0.4, 0.5) is 5.69 Å². The van der Waals surface area contributed by atoms with E-state index in [1.807, 2.05) is 31.2 Å². The molecule has 0 unspecified atom stereocenters. The Morgan fingerprint density at radius 2 is 2.14 bits per heavy atom. The molecule has 0 saturated carbocycles. The number of carbonyl (C=O) groups is 1. The first-order valence-electron chi connectivity index (χ1n) is 6.61. The minimum Gasteiger partial charge on any atom is -0.466 e. The predicted octanol–water partition coefficient (Wildman–Crippen LogP) is 3.54. The molecule has 0 atom stereocenters. The zero-order valence-corrected chi connectivity index (χ0v) is 11.8. The Labute approximate surface area is 122 Å². The number of nitrogens with zero attached hydrogens (tertiary/aromatic N) is 1. The van der Waals surface area contributed by atoms with Crippen molar-refractivity contribution in [2.24, 2.45) is 0 Å². The summed E-state index contributed by atoms with van der Waals surface area (Å²) in [7, 11) is 0. The van der Waals surface area contributed by atoms with Gasteiger partial charge in [-0.15, -0.1) is 0 Å². The van der Waals surface area contributed by atoms with Crippen LogP contribution in [-0.4, -0.2) is 15.9 Å². The van der Waals surface area contributed by atoms with E-state index in [1.54, 1.807) is 25.4 Å². The topological polar surface area (TPSA) is 70.9 Å².